The fourth-order valence-corrected chi connectivity index (χ4v) is 3.40. The van der Waals surface area contributed by atoms with Gasteiger partial charge in [0.25, 0.3) is 5.91 Å². The summed E-state index contributed by atoms with van der Waals surface area (Å²) in [7, 11) is 0. The number of rotatable bonds is 8. The van der Waals surface area contributed by atoms with Gasteiger partial charge in [-0.1, -0.05) is 60.7 Å². The maximum Gasteiger partial charge on any atom is 0.258 e. The summed E-state index contributed by atoms with van der Waals surface area (Å²) in [6.45, 7) is 0.955. The Balaban J connectivity index is 1.38. The summed E-state index contributed by atoms with van der Waals surface area (Å²) < 4.78 is 7.39. The molecule has 6 nitrogen and oxygen atoms in total. The van der Waals surface area contributed by atoms with E-state index >= 15 is 0 Å². The lowest BCUT2D eigenvalue weighted by molar-refractivity contribution is -0.123. The number of carbonyl (C=O) groups is 1. The minimum atomic E-state index is -0.248. The lowest BCUT2D eigenvalue weighted by Crippen LogP contribution is -2.28. The molecule has 0 saturated carbocycles. The molecule has 0 fully saturated rings. The molecule has 6 heteroatoms. The molecule has 3 aromatic carbocycles. The van der Waals surface area contributed by atoms with Crippen molar-refractivity contribution >= 4 is 5.91 Å². The molecule has 0 atom stereocenters. The Morgan fingerprint density at radius 3 is 2.56 bits per heavy atom. The number of hydrogen-bond donors (Lipinski definition) is 1. The zero-order valence-corrected chi connectivity index (χ0v) is 17.4. The van der Waals surface area contributed by atoms with E-state index in [1.165, 1.54) is 0 Å². The van der Waals surface area contributed by atoms with Gasteiger partial charge >= 0.3 is 0 Å². The fourth-order valence-electron chi connectivity index (χ4n) is 3.40. The van der Waals surface area contributed by atoms with Crippen LogP contribution in [0.3, 0.4) is 0 Å². The predicted octanol–water partition coefficient (Wildman–Crippen LogP) is 4.17. The molecule has 4 rings (SSSR count). The smallest absolute Gasteiger partial charge is 0.258 e. The first kappa shape index (κ1) is 20.9. The summed E-state index contributed by atoms with van der Waals surface area (Å²) in [6.07, 6.45) is 3.71. The van der Waals surface area contributed by atoms with Gasteiger partial charge in [0.05, 0.1) is 12.1 Å². The average Bonchev–Trinajstić information content (AvgIpc) is 3.35. The van der Waals surface area contributed by atoms with Crippen molar-refractivity contribution in [3.05, 3.63) is 108 Å². The summed E-state index contributed by atoms with van der Waals surface area (Å²) in [4.78, 5) is 12.3. The van der Waals surface area contributed by atoms with E-state index in [1.807, 2.05) is 41.2 Å². The summed E-state index contributed by atoms with van der Waals surface area (Å²) >= 11 is 0. The van der Waals surface area contributed by atoms with Crippen molar-refractivity contribution in [2.24, 2.45) is 0 Å². The lowest BCUT2D eigenvalue weighted by Gasteiger charge is -2.12. The van der Waals surface area contributed by atoms with E-state index in [4.69, 9.17) is 10.00 Å². The first-order valence-electron chi connectivity index (χ1n) is 10.3. The Bertz CT molecular complexity index is 1230. The number of nitrogens with one attached hydrogen (secondary N) is 1. The maximum absolute atomic E-state index is 12.3. The van der Waals surface area contributed by atoms with Gasteiger partial charge in [0.15, 0.2) is 6.61 Å². The van der Waals surface area contributed by atoms with Gasteiger partial charge in [0, 0.05) is 18.9 Å². The van der Waals surface area contributed by atoms with Crippen LogP contribution in [0.5, 0.6) is 5.75 Å². The number of carbonyl (C=O) groups excluding carboxylic acids is 1. The molecule has 0 aliphatic heterocycles. The first-order chi connectivity index (χ1) is 15.7. The molecule has 32 heavy (non-hydrogen) atoms. The predicted molar refractivity (Wildman–Crippen MR) is 122 cm³/mol. The van der Waals surface area contributed by atoms with E-state index < -0.39 is 0 Å². The number of para-hydroxylation sites is 1. The minimum Gasteiger partial charge on any atom is -0.482 e. The van der Waals surface area contributed by atoms with Crippen LogP contribution in [0.25, 0.3) is 11.1 Å². The molecule has 4 aromatic rings. The van der Waals surface area contributed by atoms with E-state index in [2.05, 4.69) is 40.8 Å². The molecule has 1 heterocycles. The van der Waals surface area contributed by atoms with E-state index in [0.29, 0.717) is 17.9 Å². The largest absolute Gasteiger partial charge is 0.482 e. The molecule has 0 aliphatic carbocycles. The Kier molecular flexibility index (Phi) is 6.59. The zero-order chi connectivity index (χ0) is 22.2. The van der Waals surface area contributed by atoms with Crippen LogP contribution in [0.4, 0.5) is 0 Å². The standard InChI is InChI=1S/C26H22N4O2/c27-16-22-6-2-4-9-25(22)32-19-26(31)28-17-23-7-1-3-8-24(23)21-12-10-20(11-13-21)18-30-15-5-14-29-30/h1-15H,17-19H2,(H,28,31). The van der Waals surface area contributed by atoms with Crippen molar-refractivity contribution in [3.63, 3.8) is 0 Å². The number of amides is 1. The molecule has 1 amide bonds. The Hall–Kier alpha value is -4.37. The quantitative estimate of drug-likeness (QED) is 0.462. The van der Waals surface area contributed by atoms with Crippen LogP contribution in [0, 0.1) is 11.3 Å². The second-order valence-electron chi connectivity index (χ2n) is 7.23. The van der Waals surface area contributed by atoms with Crippen LogP contribution in [0.15, 0.2) is 91.3 Å². The molecular formula is C26H22N4O2. The average molecular weight is 422 g/mol. The van der Waals surface area contributed by atoms with Crippen molar-refractivity contribution in [1.82, 2.24) is 15.1 Å². The molecule has 0 unspecified atom stereocenters. The van der Waals surface area contributed by atoms with Crippen LogP contribution >= 0.6 is 0 Å². The Morgan fingerprint density at radius 1 is 1.00 bits per heavy atom. The second kappa shape index (κ2) is 10.1. The highest BCUT2D eigenvalue weighted by molar-refractivity contribution is 5.78. The van der Waals surface area contributed by atoms with Crippen molar-refractivity contribution < 1.29 is 9.53 Å². The third kappa shape index (κ3) is 5.21. The van der Waals surface area contributed by atoms with Crippen molar-refractivity contribution in [1.29, 1.82) is 5.26 Å². The van der Waals surface area contributed by atoms with Crippen LogP contribution in [-0.4, -0.2) is 22.3 Å². The van der Waals surface area contributed by atoms with Crippen LogP contribution in [-0.2, 0) is 17.9 Å². The number of nitrogens with zero attached hydrogens (tertiary/aromatic N) is 3. The lowest BCUT2D eigenvalue weighted by atomic mass is 9.98. The topological polar surface area (TPSA) is 79.9 Å². The summed E-state index contributed by atoms with van der Waals surface area (Å²) in [5.74, 6) is 0.155. The normalized spacial score (nSPS) is 10.3. The molecule has 0 bridgehead atoms. The van der Waals surface area contributed by atoms with Gasteiger partial charge in [-0.05, 0) is 40.5 Å². The molecule has 1 aromatic heterocycles. The third-order valence-corrected chi connectivity index (χ3v) is 5.03. The minimum absolute atomic E-state index is 0.150. The van der Waals surface area contributed by atoms with Gasteiger partial charge < -0.3 is 10.1 Å². The molecular weight excluding hydrogens is 400 g/mol. The van der Waals surface area contributed by atoms with Gasteiger partial charge in [-0.2, -0.15) is 10.4 Å². The summed E-state index contributed by atoms with van der Waals surface area (Å²) in [5, 5.41) is 16.3. The zero-order valence-electron chi connectivity index (χ0n) is 17.4. The number of benzene rings is 3. The van der Waals surface area contributed by atoms with E-state index in [0.717, 1.165) is 28.8 Å². The van der Waals surface area contributed by atoms with Crippen LogP contribution < -0.4 is 10.1 Å². The highest BCUT2D eigenvalue weighted by Crippen LogP contribution is 2.24. The molecule has 1 N–H and O–H groups in total. The number of nitriles is 1. The molecule has 0 spiro atoms. The summed E-state index contributed by atoms with van der Waals surface area (Å²) in [5.41, 5.74) is 4.73. The van der Waals surface area contributed by atoms with Gasteiger partial charge in [-0.3, -0.25) is 9.48 Å². The summed E-state index contributed by atoms with van der Waals surface area (Å²) in [6, 6.07) is 27.2. The highest BCUT2D eigenvalue weighted by Gasteiger charge is 2.09. The Labute approximate surface area is 186 Å². The van der Waals surface area contributed by atoms with Crippen molar-refractivity contribution in [2.75, 3.05) is 6.61 Å². The van der Waals surface area contributed by atoms with Gasteiger partial charge in [0.1, 0.15) is 11.8 Å². The van der Waals surface area contributed by atoms with Gasteiger partial charge in [0.2, 0.25) is 0 Å². The van der Waals surface area contributed by atoms with Crippen molar-refractivity contribution in [3.8, 4) is 22.9 Å². The molecule has 0 radical (unpaired) electrons. The fraction of sp³-hybridized carbons (Fsp3) is 0.115. The van der Waals surface area contributed by atoms with E-state index in [1.54, 1.807) is 30.5 Å². The maximum atomic E-state index is 12.3. The monoisotopic (exact) mass is 422 g/mol. The second-order valence-corrected chi connectivity index (χ2v) is 7.23. The van der Waals surface area contributed by atoms with Gasteiger partial charge in [-0.25, -0.2) is 0 Å². The first-order valence-corrected chi connectivity index (χ1v) is 10.3. The number of aromatic nitrogens is 2. The van der Waals surface area contributed by atoms with Crippen LogP contribution in [0.2, 0.25) is 0 Å². The van der Waals surface area contributed by atoms with Crippen LogP contribution in [0.1, 0.15) is 16.7 Å². The van der Waals surface area contributed by atoms with Crippen molar-refractivity contribution in [2.45, 2.75) is 13.1 Å². The van der Waals surface area contributed by atoms with Gasteiger partial charge in [-0.15, -0.1) is 0 Å². The van der Waals surface area contributed by atoms with E-state index in [9.17, 15) is 4.79 Å². The molecule has 0 aliphatic rings. The number of ether oxygens (including phenoxy) is 1. The highest BCUT2D eigenvalue weighted by atomic mass is 16.5. The molecule has 158 valence electrons. The SMILES string of the molecule is N#Cc1ccccc1OCC(=O)NCc1ccccc1-c1ccc(Cn2cccn2)cc1. The number of hydrogen-bond acceptors (Lipinski definition) is 4. The Morgan fingerprint density at radius 2 is 1.78 bits per heavy atom. The van der Waals surface area contributed by atoms with E-state index in [-0.39, 0.29) is 12.5 Å². The third-order valence-electron chi connectivity index (χ3n) is 5.03. The molecule has 0 saturated heterocycles.